The molecule has 0 unspecified atom stereocenters. The number of carbonyl (C=O) groups excluding carboxylic acids is 2. The Balaban J connectivity index is 2.82. The van der Waals surface area contributed by atoms with Gasteiger partial charge in [0.25, 0.3) is 0 Å². The molecule has 0 fully saturated rings. The van der Waals surface area contributed by atoms with E-state index in [0.29, 0.717) is 12.8 Å². The first kappa shape index (κ1) is 14.2. The molecule has 1 rings (SSSR count). The van der Waals surface area contributed by atoms with Crippen LogP contribution in [0, 0.1) is 6.92 Å². The molecule has 0 aliphatic rings. The van der Waals surface area contributed by atoms with Crippen LogP contribution in [0.5, 0.6) is 0 Å². The van der Waals surface area contributed by atoms with Crippen LogP contribution in [-0.4, -0.2) is 26.2 Å². The molecule has 1 aromatic carbocycles. The molecule has 0 bridgehead atoms. The Morgan fingerprint density at radius 2 is 1.72 bits per heavy atom. The highest BCUT2D eigenvalue weighted by atomic mass is 16.5. The zero-order valence-corrected chi connectivity index (χ0v) is 11.0. The summed E-state index contributed by atoms with van der Waals surface area (Å²) in [5.41, 5.74) is 2.99. The van der Waals surface area contributed by atoms with Crippen LogP contribution in [-0.2, 0) is 31.9 Å². The monoisotopic (exact) mass is 250 g/mol. The van der Waals surface area contributed by atoms with Gasteiger partial charge >= 0.3 is 11.9 Å². The second kappa shape index (κ2) is 6.79. The average Bonchev–Trinajstić information content (AvgIpc) is 2.38. The van der Waals surface area contributed by atoms with Crippen LogP contribution in [0.1, 0.15) is 23.1 Å². The topological polar surface area (TPSA) is 52.6 Å². The van der Waals surface area contributed by atoms with E-state index in [2.05, 4.69) is 9.47 Å². The van der Waals surface area contributed by atoms with Gasteiger partial charge in [0.2, 0.25) is 0 Å². The van der Waals surface area contributed by atoms with Crippen molar-refractivity contribution in [1.82, 2.24) is 0 Å². The number of methoxy groups -OCH3 is 2. The molecule has 0 saturated heterocycles. The summed E-state index contributed by atoms with van der Waals surface area (Å²) < 4.78 is 9.27. The van der Waals surface area contributed by atoms with Crippen molar-refractivity contribution in [1.29, 1.82) is 0 Å². The number of ether oxygens (including phenoxy) is 2. The van der Waals surface area contributed by atoms with E-state index in [1.54, 1.807) is 0 Å². The van der Waals surface area contributed by atoms with Crippen molar-refractivity contribution in [2.75, 3.05) is 14.2 Å². The molecule has 0 heterocycles. The van der Waals surface area contributed by atoms with Crippen molar-refractivity contribution in [2.45, 2.75) is 26.2 Å². The number of aryl methyl sites for hydroxylation is 2. The minimum Gasteiger partial charge on any atom is -0.469 e. The highest BCUT2D eigenvalue weighted by Crippen LogP contribution is 2.15. The number of benzene rings is 1. The Hall–Kier alpha value is -1.84. The second-order valence-corrected chi connectivity index (χ2v) is 4.10. The van der Waals surface area contributed by atoms with Gasteiger partial charge in [-0.25, -0.2) is 0 Å². The average molecular weight is 250 g/mol. The number of hydrogen-bond acceptors (Lipinski definition) is 4. The third-order valence-corrected chi connectivity index (χ3v) is 2.75. The third kappa shape index (κ3) is 4.20. The number of hydrogen-bond donors (Lipinski definition) is 0. The molecule has 0 saturated carbocycles. The van der Waals surface area contributed by atoms with Crippen LogP contribution < -0.4 is 0 Å². The van der Waals surface area contributed by atoms with E-state index < -0.39 is 0 Å². The zero-order valence-electron chi connectivity index (χ0n) is 11.0. The summed E-state index contributed by atoms with van der Waals surface area (Å²) in [6, 6.07) is 5.83. The molecule has 1 aromatic rings. The maximum absolute atomic E-state index is 11.3. The Morgan fingerprint density at radius 3 is 2.33 bits per heavy atom. The van der Waals surface area contributed by atoms with Gasteiger partial charge in [-0.2, -0.15) is 0 Å². The predicted octanol–water partition coefficient (Wildman–Crippen LogP) is 1.82. The van der Waals surface area contributed by atoms with Gasteiger partial charge in [-0.3, -0.25) is 9.59 Å². The molecule has 0 N–H and O–H groups in total. The normalized spacial score (nSPS) is 9.94. The lowest BCUT2D eigenvalue weighted by atomic mass is 9.98. The molecule has 0 spiro atoms. The molecule has 18 heavy (non-hydrogen) atoms. The van der Waals surface area contributed by atoms with Crippen molar-refractivity contribution in [3.63, 3.8) is 0 Å². The van der Waals surface area contributed by atoms with Gasteiger partial charge in [0.05, 0.1) is 20.6 Å². The minimum absolute atomic E-state index is 0.229. The lowest BCUT2D eigenvalue weighted by Gasteiger charge is -2.09. The van der Waals surface area contributed by atoms with Crippen molar-refractivity contribution in [3.8, 4) is 0 Å². The van der Waals surface area contributed by atoms with Crippen molar-refractivity contribution in [2.24, 2.45) is 0 Å². The van der Waals surface area contributed by atoms with Gasteiger partial charge < -0.3 is 9.47 Å². The fourth-order valence-electron chi connectivity index (χ4n) is 1.73. The lowest BCUT2D eigenvalue weighted by molar-refractivity contribution is -0.140. The fraction of sp³-hybridized carbons (Fsp3) is 0.429. The molecular formula is C14H18O4. The first-order valence-electron chi connectivity index (χ1n) is 5.79. The van der Waals surface area contributed by atoms with Gasteiger partial charge in [-0.1, -0.05) is 23.8 Å². The Bertz CT molecular complexity index is 437. The number of rotatable bonds is 5. The molecule has 4 heteroatoms. The highest BCUT2D eigenvalue weighted by Gasteiger charge is 2.10. The van der Waals surface area contributed by atoms with Gasteiger partial charge in [0.1, 0.15) is 0 Å². The van der Waals surface area contributed by atoms with Gasteiger partial charge in [-0.05, 0) is 24.5 Å². The van der Waals surface area contributed by atoms with Crippen LogP contribution in [0.15, 0.2) is 18.2 Å². The van der Waals surface area contributed by atoms with E-state index in [1.807, 2.05) is 25.1 Å². The summed E-state index contributed by atoms with van der Waals surface area (Å²) >= 11 is 0. The van der Waals surface area contributed by atoms with E-state index in [0.717, 1.165) is 16.7 Å². The summed E-state index contributed by atoms with van der Waals surface area (Å²) in [6.45, 7) is 1.98. The molecule has 0 aliphatic carbocycles. The largest absolute Gasteiger partial charge is 0.469 e. The smallest absolute Gasteiger partial charge is 0.309 e. The molecule has 0 amide bonds. The van der Waals surface area contributed by atoms with Gasteiger partial charge in [0, 0.05) is 6.42 Å². The molecular weight excluding hydrogens is 232 g/mol. The van der Waals surface area contributed by atoms with E-state index in [1.165, 1.54) is 14.2 Å². The highest BCUT2D eigenvalue weighted by molar-refractivity contribution is 5.73. The number of esters is 2. The maximum Gasteiger partial charge on any atom is 0.309 e. The quantitative estimate of drug-likeness (QED) is 0.748. The van der Waals surface area contributed by atoms with Crippen molar-refractivity contribution < 1.29 is 19.1 Å². The van der Waals surface area contributed by atoms with Crippen LogP contribution in [0.25, 0.3) is 0 Å². The van der Waals surface area contributed by atoms with Crippen molar-refractivity contribution >= 4 is 11.9 Å². The molecule has 4 nitrogen and oxygen atoms in total. The SMILES string of the molecule is COC(=O)CCc1cc(C)ccc1CC(=O)OC. The molecule has 0 aliphatic heterocycles. The first-order chi connectivity index (χ1) is 8.56. The summed E-state index contributed by atoms with van der Waals surface area (Å²) in [7, 11) is 2.73. The van der Waals surface area contributed by atoms with Crippen LogP contribution >= 0.6 is 0 Å². The zero-order chi connectivity index (χ0) is 13.5. The van der Waals surface area contributed by atoms with Crippen molar-refractivity contribution in [3.05, 3.63) is 34.9 Å². The second-order valence-electron chi connectivity index (χ2n) is 4.10. The first-order valence-corrected chi connectivity index (χ1v) is 5.79. The Morgan fingerprint density at radius 1 is 1.06 bits per heavy atom. The van der Waals surface area contributed by atoms with Gasteiger partial charge in [0.15, 0.2) is 0 Å². The number of carbonyl (C=O) groups is 2. The van der Waals surface area contributed by atoms with Gasteiger partial charge in [-0.15, -0.1) is 0 Å². The van der Waals surface area contributed by atoms with Crippen LogP contribution in [0.2, 0.25) is 0 Å². The summed E-state index contributed by atoms with van der Waals surface area (Å²) in [5, 5.41) is 0. The molecule has 0 aromatic heterocycles. The summed E-state index contributed by atoms with van der Waals surface area (Å²) in [6.07, 6.45) is 1.11. The molecule has 0 radical (unpaired) electrons. The molecule has 0 atom stereocenters. The third-order valence-electron chi connectivity index (χ3n) is 2.75. The fourth-order valence-corrected chi connectivity index (χ4v) is 1.73. The van der Waals surface area contributed by atoms with Crippen LogP contribution in [0.4, 0.5) is 0 Å². The summed E-state index contributed by atoms with van der Waals surface area (Å²) in [5.74, 6) is -0.529. The predicted molar refractivity (Wildman–Crippen MR) is 67.2 cm³/mol. The Labute approximate surface area is 107 Å². The lowest BCUT2D eigenvalue weighted by Crippen LogP contribution is -2.09. The van der Waals surface area contributed by atoms with E-state index in [-0.39, 0.29) is 18.4 Å². The van der Waals surface area contributed by atoms with Crippen LogP contribution in [0.3, 0.4) is 0 Å². The van der Waals surface area contributed by atoms with E-state index >= 15 is 0 Å². The minimum atomic E-state index is -0.279. The van der Waals surface area contributed by atoms with E-state index in [4.69, 9.17) is 0 Å². The Kier molecular flexibility index (Phi) is 5.36. The van der Waals surface area contributed by atoms with E-state index in [9.17, 15) is 9.59 Å². The maximum atomic E-state index is 11.3. The molecule has 98 valence electrons. The summed E-state index contributed by atoms with van der Waals surface area (Å²) in [4.78, 5) is 22.4. The standard InChI is InChI=1S/C14H18O4/c1-10-4-5-12(9-14(16)18-3)11(8-10)6-7-13(15)17-2/h4-5,8H,6-7,9H2,1-3H3.